The Morgan fingerprint density at radius 3 is 1.84 bits per heavy atom. The quantitative estimate of drug-likeness (QED) is 0.198. The van der Waals surface area contributed by atoms with Gasteiger partial charge in [-0.3, -0.25) is 14.4 Å². The second-order valence-electron chi connectivity index (χ2n) is 8.48. The summed E-state index contributed by atoms with van der Waals surface area (Å²) >= 11 is 2.33. The number of carboxylic acid groups (broad SMARTS) is 2. The fourth-order valence-electron chi connectivity index (χ4n) is 4.08. The van der Waals surface area contributed by atoms with Crippen LogP contribution in [0, 0.1) is 11.6 Å². The Morgan fingerprint density at radius 2 is 1.26 bits per heavy atom. The highest BCUT2D eigenvalue weighted by Crippen LogP contribution is 2.39. The lowest BCUT2D eigenvalue weighted by molar-refractivity contribution is -0.137. The predicted molar refractivity (Wildman–Crippen MR) is 141 cm³/mol. The van der Waals surface area contributed by atoms with Crippen molar-refractivity contribution in [1.82, 2.24) is 9.97 Å². The maximum Gasteiger partial charge on any atom is 0.303 e. The van der Waals surface area contributed by atoms with E-state index in [1.165, 1.54) is 23.5 Å². The molecule has 0 fully saturated rings. The molecule has 0 atom stereocenters. The zero-order valence-electron chi connectivity index (χ0n) is 19.5. The minimum absolute atomic E-state index is 0.0792. The smallest absolute Gasteiger partial charge is 0.303 e. The SMILES string of the molecule is O=C(O)CCC(=O)c1nc2cc(F)c(-c3ccccc3-c3cc4sc(CCC(=O)O)nc4cc3F)cc2s1. The van der Waals surface area contributed by atoms with Gasteiger partial charge in [-0.25, -0.2) is 18.7 Å². The van der Waals surface area contributed by atoms with Gasteiger partial charge >= 0.3 is 11.9 Å². The lowest BCUT2D eigenvalue weighted by Crippen LogP contribution is -2.03. The van der Waals surface area contributed by atoms with E-state index in [9.17, 15) is 14.4 Å². The number of benzene rings is 3. The number of carbonyl (C=O) groups is 3. The number of thiazole rings is 2. The van der Waals surface area contributed by atoms with Gasteiger partial charge in [-0.1, -0.05) is 24.3 Å². The first-order chi connectivity index (χ1) is 18.2. The molecule has 2 aromatic heterocycles. The number of hydrogen-bond acceptors (Lipinski definition) is 7. The molecular formula is C27H18F2N2O5S2. The number of aliphatic carboxylic acids is 2. The number of aromatic nitrogens is 2. The number of ketones is 1. The Hall–Kier alpha value is -4.09. The molecule has 3 aromatic carbocycles. The van der Waals surface area contributed by atoms with Crippen LogP contribution >= 0.6 is 22.7 Å². The van der Waals surface area contributed by atoms with E-state index >= 15 is 8.78 Å². The molecule has 0 aliphatic carbocycles. The molecule has 38 heavy (non-hydrogen) atoms. The number of rotatable bonds is 9. The molecule has 0 amide bonds. The fraction of sp³-hybridized carbons (Fsp3) is 0.148. The highest BCUT2D eigenvalue weighted by molar-refractivity contribution is 7.20. The molecule has 192 valence electrons. The van der Waals surface area contributed by atoms with Crippen molar-refractivity contribution in [2.45, 2.75) is 25.7 Å². The molecule has 5 aromatic rings. The van der Waals surface area contributed by atoms with E-state index in [0.29, 0.717) is 31.1 Å². The third kappa shape index (κ3) is 5.15. The average Bonchev–Trinajstić information content (AvgIpc) is 3.48. The summed E-state index contributed by atoms with van der Waals surface area (Å²) in [5.74, 6) is -3.62. The summed E-state index contributed by atoms with van der Waals surface area (Å²) < 4.78 is 31.8. The Kier molecular flexibility index (Phi) is 6.96. The van der Waals surface area contributed by atoms with Crippen molar-refractivity contribution in [3.05, 3.63) is 70.2 Å². The van der Waals surface area contributed by atoms with E-state index in [1.54, 1.807) is 36.4 Å². The highest BCUT2D eigenvalue weighted by Gasteiger charge is 2.20. The Labute approximate surface area is 222 Å². The molecule has 2 heterocycles. The van der Waals surface area contributed by atoms with Gasteiger partial charge in [0.05, 0.1) is 38.3 Å². The maximum atomic E-state index is 15.3. The molecule has 0 aliphatic heterocycles. The van der Waals surface area contributed by atoms with Crippen LogP contribution in [0.15, 0.2) is 48.5 Å². The summed E-state index contributed by atoms with van der Waals surface area (Å²) in [4.78, 5) is 42.5. The minimum Gasteiger partial charge on any atom is -0.481 e. The van der Waals surface area contributed by atoms with Gasteiger partial charge in [-0.05, 0) is 23.3 Å². The number of Topliss-reactive ketones (excluding diaryl/α,β-unsaturated/α-hetero) is 1. The summed E-state index contributed by atoms with van der Waals surface area (Å²) in [5.41, 5.74) is 2.04. The number of halogens is 2. The van der Waals surface area contributed by atoms with Crippen LogP contribution in [0.2, 0.25) is 0 Å². The molecular weight excluding hydrogens is 534 g/mol. The van der Waals surface area contributed by atoms with Gasteiger partial charge in [0.1, 0.15) is 11.6 Å². The highest BCUT2D eigenvalue weighted by atomic mass is 32.1. The first kappa shape index (κ1) is 25.6. The van der Waals surface area contributed by atoms with Crippen molar-refractivity contribution in [3.63, 3.8) is 0 Å². The first-order valence-electron chi connectivity index (χ1n) is 11.4. The van der Waals surface area contributed by atoms with Gasteiger partial charge < -0.3 is 10.2 Å². The van der Waals surface area contributed by atoms with E-state index in [-0.39, 0.29) is 47.3 Å². The van der Waals surface area contributed by atoms with Gasteiger partial charge in [0.15, 0.2) is 10.8 Å². The Morgan fingerprint density at radius 1 is 0.711 bits per heavy atom. The number of carboxylic acids is 2. The van der Waals surface area contributed by atoms with Gasteiger partial charge in [0.25, 0.3) is 0 Å². The topological polar surface area (TPSA) is 117 Å². The predicted octanol–water partition coefficient (Wildman–Crippen LogP) is 6.58. The lowest BCUT2D eigenvalue weighted by atomic mass is 9.94. The van der Waals surface area contributed by atoms with Crippen LogP contribution in [0.1, 0.15) is 34.1 Å². The molecule has 5 rings (SSSR count). The maximum absolute atomic E-state index is 15.3. The normalized spacial score (nSPS) is 11.3. The van der Waals surface area contributed by atoms with Crippen molar-refractivity contribution in [2.75, 3.05) is 0 Å². The third-order valence-electron chi connectivity index (χ3n) is 5.86. The van der Waals surface area contributed by atoms with Crippen LogP contribution in [0.3, 0.4) is 0 Å². The number of carbonyl (C=O) groups excluding carboxylic acids is 1. The monoisotopic (exact) mass is 552 g/mol. The molecule has 0 radical (unpaired) electrons. The van der Waals surface area contributed by atoms with Gasteiger partial charge in [0, 0.05) is 36.1 Å². The summed E-state index contributed by atoms with van der Waals surface area (Å²) in [7, 11) is 0. The molecule has 0 unspecified atom stereocenters. The number of fused-ring (bicyclic) bond motifs is 2. The number of hydrogen-bond donors (Lipinski definition) is 2. The third-order valence-corrected chi connectivity index (χ3v) is 8.00. The summed E-state index contributed by atoms with van der Waals surface area (Å²) in [6.45, 7) is 0. The van der Waals surface area contributed by atoms with Crippen LogP contribution in [0.25, 0.3) is 42.7 Å². The molecule has 0 spiro atoms. The van der Waals surface area contributed by atoms with E-state index in [1.807, 2.05) is 0 Å². The van der Waals surface area contributed by atoms with Gasteiger partial charge in [-0.15, -0.1) is 22.7 Å². The van der Waals surface area contributed by atoms with Crippen LogP contribution < -0.4 is 0 Å². The molecule has 2 N–H and O–H groups in total. The van der Waals surface area contributed by atoms with E-state index in [4.69, 9.17) is 10.2 Å². The lowest BCUT2D eigenvalue weighted by Gasteiger charge is -2.12. The van der Waals surface area contributed by atoms with E-state index < -0.39 is 29.4 Å². The van der Waals surface area contributed by atoms with Crippen molar-refractivity contribution in [2.24, 2.45) is 0 Å². The molecule has 11 heteroatoms. The average molecular weight is 553 g/mol. The molecule has 0 bridgehead atoms. The van der Waals surface area contributed by atoms with Crippen LogP contribution in [0.5, 0.6) is 0 Å². The van der Waals surface area contributed by atoms with Crippen molar-refractivity contribution in [1.29, 1.82) is 0 Å². The van der Waals surface area contributed by atoms with Crippen molar-refractivity contribution in [3.8, 4) is 22.3 Å². The second kappa shape index (κ2) is 10.3. The summed E-state index contributed by atoms with van der Waals surface area (Å²) in [5, 5.41) is 18.4. The number of nitrogens with zero attached hydrogens (tertiary/aromatic N) is 2. The minimum atomic E-state index is -1.09. The largest absolute Gasteiger partial charge is 0.481 e. The Bertz CT molecular complexity index is 1740. The second-order valence-corrected chi connectivity index (χ2v) is 10.6. The summed E-state index contributed by atoms with van der Waals surface area (Å²) in [6, 6.07) is 12.5. The Balaban J connectivity index is 1.55. The van der Waals surface area contributed by atoms with E-state index in [2.05, 4.69) is 9.97 Å². The summed E-state index contributed by atoms with van der Waals surface area (Å²) in [6.07, 6.45) is -0.365. The molecule has 7 nitrogen and oxygen atoms in total. The number of aryl methyl sites for hydroxylation is 1. The molecule has 0 saturated carbocycles. The van der Waals surface area contributed by atoms with Gasteiger partial charge in [0.2, 0.25) is 0 Å². The van der Waals surface area contributed by atoms with Crippen molar-refractivity contribution >= 4 is 60.8 Å². The van der Waals surface area contributed by atoms with Crippen molar-refractivity contribution < 1.29 is 33.4 Å². The van der Waals surface area contributed by atoms with Gasteiger partial charge in [-0.2, -0.15) is 0 Å². The standard InChI is InChI=1S/C27H18F2N2O5S2/c28-17-11-19-22(37-24(30-19)6-8-26(35)36)9-15(17)13-3-1-2-4-14(13)16-10-23-20(12-18(16)29)31-27(38-23)21(32)5-7-25(33)34/h1-4,9-12H,5-8H2,(H,33,34)(H,35,36). The van der Waals surface area contributed by atoms with Crippen LogP contribution in [-0.4, -0.2) is 37.9 Å². The zero-order chi connectivity index (χ0) is 27.0. The first-order valence-corrected chi connectivity index (χ1v) is 13.1. The molecule has 0 saturated heterocycles. The fourth-order valence-corrected chi connectivity index (χ4v) is 6.02. The van der Waals surface area contributed by atoms with Crippen LogP contribution in [-0.2, 0) is 16.0 Å². The van der Waals surface area contributed by atoms with E-state index in [0.717, 1.165) is 11.3 Å². The van der Waals surface area contributed by atoms with Crippen LogP contribution in [0.4, 0.5) is 8.78 Å². The molecule has 0 aliphatic rings. The zero-order valence-corrected chi connectivity index (χ0v) is 21.2.